The van der Waals surface area contributed by atoms with Crippen LogP contribution >= 0.6 is 0 Å². The van der Waals surface area contributed by atoms with Gasteiger partial charge in [-0.25, -0.2) is 0 Å². The summed E-state index contributed by atoms with van der Waals surface area (Å²) in [5.41, 5.74) is 3.55. The number of nitriles is 1. The number of phenolic OH excluding ortho intramolecular Hbond substituents is 1. The molecule has 0 aromatic heterocycles. The third-order valence-electron chi connectivity index (χ3n) is 3.38. The van der Waals surface area contributed by atoms with E-state index in [0.717, 1.165) is 11.3 Å². The Labute approximate surface area is 134 Å². The first kappa shape index (κ1) is 16.1. The Morgan fingerprint density at radius 2 is 1.74 bits per heavy atom. The van der Waals surface area contributed by atoms with E-state index < -0.39 is 5.91 Å². The first-order valence-electron chi connectivity index (χ1n) is 7.04. The van der Waals surface area contributed by atoms with Gasteiger partial charge < -0.3 is 15.7 Å². The zero-order chi connectivity index (χ0) is 16.8. The van der Waals surface area contributed by atoms with Gasteiger partial charge in [-0.1, -0.05) is 6.07 Å². The van der Waals surface area contributed by atoms with Gasteiger partial charge >= 0.3 is 0 Å². The molecule has 0 saturated heterocycles. The van der Waals surface area contributed by atoms with Crippen molar-refractivity contribution >= 4 is 17.3 Å². The van der Waals surface area contributed by atoms with Crippen LogP contribution in [-0.2, 0) is 4.79 Å². The number of nitrogens with one attached hydrogen (secondary N) is 2. The number of hydrogen-bond acceptors (Lipinski definition) is 4. The molecular formula is C18H17N3O2. The number of carbonyl (C=O) groups excluding carboxylic acids is 1. The molecule has 116 valence electrons. The number of nitrogens with zero attached hydrogens (tertiary/aromatic N) is 1. The number of hydrogen-bond donors (Lipinski definition) is 3. The summed E-state index contributed by atoms with van der Waals surface area (Å²) in [6.07, 6.45) is 1.37. The molecule has 0 aliphatic carbocycles. The molecule has 3 N–H and O–H groups in total. The van der Waals surface area contributed by atoms with Crippen molar-refractivity contribution in [1.29, 1.82) is 5.26 Å². The van der Waals surface area contributed by atoms with Crippen molar-refractivity contribution in [1.82, 2.24) is 0 Å². The molecule has 0 radical (unpaired) electrons. The van der Waals surface area contributed by atoms with E-state index in [1.807, 2.05) is 38.1 Å². The molecule has 5 nitrogen and oxygen atoms in total. The maximum Gasteiger partial charge on any atom is 0.267 e. The highest BCUT2D eigenvalue weighted by Gasteiger charge is 2.09. The first-order valence-corrected chi connectivity index (χ1v) is 7.04. The number of aromatic hydroxyl groups is 1. The molecule has 2 aromatic rings. The van der Waals surface area contributed by atoms with Crippen molar-refractivity contribution in [3.8, 4) is 11.8 Å². The second-order valence-electron chi connectivity index (χ2n) is 5.11. The quantitative estimate of drug-likeness (QED) is 0.459. The Morgan fingerprint density at radius 1 is 1.09 bits per heavy atom. The molecule has 1 amide bonds. The number of benzene rings is 2. The lowest BCUT2D eigenvalue weighted by atomic mass is 10.1. The van der Waals surface area contributed by atoms with E-state index in [9.17, 15) is 9.90 Å². The van der Waals surface area contributed by atoms with Gasteiger partial charge in [-0.2, -0.15) is 5.26 Å². The second-order valence-corrected chi connectivity index (χ2v) is 5.11. The Balaban J connectivity index is 2.08. The Bertz CT molecular complexity index is 787. The molecule has 0 spiro atoms. The Hall–Kier alpha value is -3.26. The van der Waals surface area contributed by atoms with E-state index in [1.54, 1.807) is 12.1 Å². The third-order valence-corrected chi connectivity index (χ3v) is 3.38. The fraction of sp³-hybridized carbons (Fsp3) is 0.111. The average Bonchev–Trinajstić information content (AvgIpc) is 2.53. The molecule has 2 rings (SSSR count). The van der Waals surface area contributed by atoms with Crippen LogP contribution < -0.4 is 10.6 Å². The molecule has 5 heteroatoms. The Kier molecular flexibility index (Phi) is 5.00. The second kappa shape index (κ2) is 7.14. The minimum atomic E-state index is -0.519. The molecule has 0 atom stereocenters. The van der Waals surface area contributed by atoms with Crippen molar-refractivity contribution in [3.63, 3.8) is 0 Å². The Morgan fingerprint density at radius 3 is 2.35 bits per heavy atom. The molecule has 0 aliphatic heterocycles. The van der Waals surface area contributed by atoms with Crippen molar-refractivity contribution in [2.75, 3.05) is 10.6 Å². The monoisotopic (exact) mass is 307 g/mol. The number of rotatable bonds is 4. The molecule has 0 aliphatic rings. The first-order chi connectivity index (χ1) is 11.0. The highest BCUT2D eigenvalue weighted by atomic mass is 16.3. The van der Waals surface area contributed by atoms with E-state index in [2.05, 4.69) is 10.6 Å². The lowest BCUT2D eigenvalue weighted by Gasteiger charge is -2.07. The van der Waals surface area contributed by atoms with Gasteiger partial charge in [-0.3, -0.25) is 4.79 Å². The molecule has 0 saturated carbocycles. The summed E-state index contributed by atoms with van der Waals surface area (Å²) in [6, 6.07) is 13.7. The van der Waals surface area contributed by atoms with Crippen LogP contribution in [0.2, 0.25) is 0 Å². The van der Waals surface area contributed by atoms with Gasteiger partial charge in [-0.05, 0) is 61.4 Å². The van der Waals surface area contributed by atoms with Crippen molar-refractivity contribution in [3.05, 3.63) is 65.4 Å². The molecule has 0 bridgehead atoms. The number of phenols is 1. The SMILES string of the molecule is Cc1ccc(N/C=C(/C#N)C(=O)Nc2ccc(O)cc2)cc1C. The van der Waals surface area contributed by atoms with Crippen molar-refractivity contribution < 1.29 is 9.90 Å². The largest absolute Gasteiger partial charge is 0.508 e. The minimum absolute atomic E-state index is 0.0451. The van der Waals surface area contributed by atoms with Crippen LogP contribution in [-0.4, -0.2) is 11.0 Å². The molecular weight excluding hydrogens is 290 g/mol. The van der Waals surface area contributed by atoms with Crippen LogP contribution in [0.1, 0.15) is 11.1 Å². The van der Waals surface area contributed by atoms with Gasteiger partial charge in [0.2, 0.25) is 0 Å². The number of carbonyl (C=O) groups is 1. The summed E-state index contributed by atoms with van der Waals surface area (Å²) >= 11 is 0. The van der Waals surface area contributed by atoms with Crippen LogP contribution in [0.25, 0.3) is 0 Å². The topological polar surface area (TPSA) is 85.2 Å². The van der Waals surface area contributed by atoms with Crippen LogP contribution in [0.4, 0.5) is 11.4 Å². The summed E-state index contributed by atoms with van der Waals surface area (Å²) in [6.45, 7) is 4.01. The van der Waals surface area contributed by atoms with Gasteiger partial charge in [0.25, 0.3) is 5.91 Å². The van der Waals surface area contributed by atoms with Crippen LogP contribution in [0.15, 0.2) is 54.2 Å². The summed E-state index contributed by atoms with van der Waals surface area (Å²) in [4.78, 5) is 12.1. The number of aryl methyl sites for hydroxylation is 2. The maximum absolute atomic E-state index is 12.1. The average molecular weight is 307 g/mol. The van der Waals surface area contributed by atoms with Gasteiger partial charge in [0.1, 0.15) is 17.4 Å². The maximum atomic E-state index is 12.1. The van der Waals surface area contributed by atoms with E-state index >= 15 is 0 Å². The predicted molar refractivity (Wildman–Crippen MR) is 90.0 cm³/mol. The van der Waals surface area contributed by atoms with Crippen molar-refractivity contribution in [2.45, 2.75) is 13.8 Å². The van der Waals surface area contributed by atoms with E-state index in [1.165, 1.54) is 23.9 Å². The molecule has 2 aromatic carbocycles. The highest BCUT2D eigenvalue weighted by Crippen LogP contribution is 2.16. The number of anilines is 2. The van der Waals surface area contributed by atoms with Gasteiger partial charge in [0, 0.05) is 17.6 Å². The summed E-state index contributed by atoms with van der Waals surface area (Å²) in [5, 5.41) is 23.9. The predicted octanol–water partition coefficient (Wildman–Crippen LogP) is 3.47. The zero-order valence-electron chi connectivity index (χ0n) is 12.9. The van der Waals surface area contributed by atoms with Gasteiger partial charge in [-0.15, -0.1) is 0 Å². The zero-order valence-corrected chi connectivity index (χ0v) is 12.9. The van der Waals surface area contributed by atoms with Crippen LogP contribution in [0, 0.1) is 25.2 Å². The lowest BCUT2D eigenvalue weighted by Crippen LogP contribution is -2.14. The van der Waals surface area contributed by atoms with Crippen LogP contribution in [0.5, 0.6) is 5.75 Å². The summed E-state index contributed by atoms with van der Waals surface area (Å²) < 4.78 is 0. The van der Waals surface area contributed by atoms with Gasteiger partial charge in [0.15, 0.2) is 0 Å². The van der Waals surface area contributed by atoms with E-state index in [0.29, 0.717) is 5.69 Å². The molecule has 0 heterocycles. The standard InChI is InChI=1S/C18H17N3O2/c1-12-3-4-16(9-13(12)2)20-11-14(10-19)18(23)21-15-5-7-17(22)8-6-15/h3-9,11,20,22H,1-2H3,(H,21,23)/b14-11-. The molecule has 0 unspecified atom stereocenters. The van der Waals surface area contributed by atoms with E-state index in [4.69, 9.17) is 5.26 Å². The summed E-state index contributed by atoms with van der Waals surface area (Å²) in [7, 11) is 0. The normalized spacial score (nSPS) is 10.7. The summed E-state index contributed by atoms with van der Waals surface area (Å²) in [5.74, 6) is -0.412. The van der Waals surface area contributed by atoms with Crippen LogP contribution in [0.3, 0.4) is 0 Å². The molecule has 23 heavy (non-hydrogen) atoms. The number of amides is 1. The smallest absolute Gasteiger partial charge is 0.267 e. The highest BCUT2D eigenvalue weighted by molar-refractivity contribution is 6.06. The lowest BCUT2D eigenvalue weighted by molar-refractivity contribution is -0.112. The van der Waals surface area contributed by atoms with Gasteiger partial charge in [0.05, 0.1) is 0 Å². The fourth-order valence-electron chi connectivity index (χ4n) is 1.88. The van der Waals surface area contributed by atoms with Crippen molar-refractivity contribution in [2.24, 2.45) is 0 Å². The van der Waals surface area contributed by atoms with E-state index in [-0.39, 0.29) is 11.3 Å². The third kappa shape index (κ3) is 4.35. The minimum Gasteiger partial charge on any atom is -0.508 e. The molecule has 0 fully saturated rings. The fourth-order valence-corrected chi connectivity index (χ4v) is 1.88.